The van der Waals surface area contributed by atoms with Crippen molar-refractivity contribution >= 4 is 0 Å². The van der Waals surface area contributed by atoms with Crippen LogP contribution in [0.4, 0.5) is 0 Å². The van der Waals surface area contributed by atoms with Gasteiger partial charge in [0.2, 0.25) is 0 Å². The van der Waals surface area contributed by atoms with Gasteiger partial charge in [0.25, 0.3) is 0 Å². The van der Waals surface area contributed by atoms with Gasteiger partial charge >= 0.3 is 0 Å². The Morgan fingerprint density at radius 3 is 2.13 bits per heavy atom. The van der Waals surface area contributed by atoms with Crippen LogP contribution in [0.5, 0.6) is 0 Å². The number of nitrogens with one attached hydrogen (secondary N) is 1. The van der Waals surface area contributed by atoms with Crippen molar-refractivity contribution in [1.82, 2.24) is 5.32 Å². The van der Waals surface area contributed by atoms with Crippen molar-refractivity contribution in [3.63, 3.8) is 0 Å². The summed E-state index contributed by atoms with van der Waals surface area (Å²) in [4.78, 5) is 0. The molecule has 0 bridgehead atoms. The maximum absolute atomic E-state index is 3.71. The molecule has 3 aliphatic rings. The van der Waals surface area contributed by atoms with Gasteiger partial charge in [-0.25, -0.2) is 0 Å². The molecule has 86 valence electrons. The first-order chi connectivity index (χ1) is 7.36. The molecule has 0 amide bonds. The molecule has 1 nitrogen and oxygen atoms in total. The minimum atomic E-state index is 0.829. The zero-order valence-electron chi connectivity index (χ0n) is 9.93. The molecule has 3 rings (SSSR count). The monoisotopic (exact) mass is 207 g/mol. The number of rotatable bonds is 3. The van der Waals surface area contributed by atoms with Gasteiger partial charge in [0.05, 0.1) is 0 Å². The second-order valence-electron chi connectivity index (χ2n) is 6.33. The maximum atomic E-state index is 3.71. The molecule has 0 aromatic heterocycles. The third-order valence-corrected chi connectivity index (χ3v) is 5.10. The fraction of sp³-hybridized carbons (Fsp3) is 1.00. The average molecular weight is 207 g/mol. The first-order valence-corrected chi connectivity index (χ1v) is 7.10. The van der Waals surface area contributed by atoms with Crippen LogP contribution in [0.2, 0.25) is 0 Å². The fourth-order valence-electron chi connectivity index (χ4n) is 3.74. The summed E-state index contributed by atoms with van der Waals surface area (Å²) in [6.07, 6.45) is 15.1. The van der Waals surface area contributed by atoms with Crippen LogP contribution in [0.15, 0.2) is 0 Å². The first-order valence-electron chi connectivity index (χ1n) is 7.10. The van der Waals surface area contributed by atoms with Crippen LogP contribution in [-0.2, 0) is 0 Å². The minimum absolute atomic E-state index is 0.829. The van der Waals surface area contributed by atoms with Crippen LogP contribution in [-0.4, -0.2) is 12.6 Å². The van der Waals surface area contributed by atoms with E-state index in [2.05, 4.69) is 5.32 Å². The van der Waals surface area contributed by atoms with E-state index in [0.717, 1.165) is 17.4 Å². The molecule has 15 heavy (non-hydrogen) atoms. The van der Waals surface area contributed by atoms with Gasteiger partial charge < -0.3 is 5.32 Å². The predicted molar refractivity (Wildman–Crippen MR) is 63.9 cm³/mol. The molecule has 0 unspecified atom stereocenters. The molecule has 1 N–H and O–H groups in total. The highest BCUT2D eigenvalue weighted by Gasteiger charge is 2.37. The molecular weight excluding hydrogens is 182 g/mol. The molecule has 1 spiro atoms. The quantitative estimate of drug-likeness (QED) is 0.747. The Labute approximate surface area is 94.0 Å². The molecule has 1 heteroatoms. The van der Waals surface area contributed by atoms with E-state index in [4.69, 9.17) is 0 Å². The highest BCUT2D eigenvalue weighted by Crippen LogP contribution is 2.50. The molecule has 0 aromatic rings. The van der Waals surface area contributed by atoms with Gasteiger partial charge in [0.1, 0.15) is 0 Å². The molecule has 0 saturated heterocycles. The maximum Gasteiger partial charge on any atom is 0.00683 e. The Kier molecular flexibility index (Phi) is 2.76. The summed E-state index contributed by atoms with van der Waals surface area (Å²) < 4.78 is 0. The minimum Gasteiger partial charge on any atom is -0.314 e. The summed E-state index contributed by atoms with van der Waals surface area (Å²) in [5, 5.41) is 3.71. The van der Waals surface area contributed by atoms with Crippen LogP contribution in [0.1, 0.15) is 64.2 Å². The summed E-state index contributed by atoms with van der Waals surface area (Å²) in [5.74, 6) is 1.01. The Hall–Kier alpha value is -0.0400. The van der Waals surface area contributed by atoms with Crippen molar-refractivity contribution in [2.24, 2.45) is 11.3 Å². The largest absolute Gasteiger partial charge is 0.314 e. The van der Waals surface area contributed by atoms with Crippen LogP contribution in [0.3, 0.4) is 0 Å². The van der Waals surface area contributed by atoms with Crippen molar-refractivity contribution in [3.8, 4) is 0 Å². The Morgan fingerprint density at radius 1 is 0.867 bits per heavy atom. The van der Waals surface area contributed by atoms with Crippen LogP contribution in [0.25, 0.3) is 0 Å². The SMILES string of the molecule is C1CCC2(C1)CCC(CNC1CC1)CC2. The van der Waals surface area contributed by atoms with Crippen molar-refractivity contribution in [3.05, 3.63) is 0 Å². The second-order valence-corrected chi connectivity index (χ2v) is 6.33. The molecule has 3 aliphatic carbocycles. The standard InChI is InChI=1S/C14H25N/c1-2-8-14(7-1)9-5-12(6-10-14)11-15-13-3-4-13/h12-13,15H,1-11H2. The van der Waals surface area contributed by atoms with Gasteiger partial charge in [-0.1, -0.05) is 12.8 Å². The van der Waals surface area contributed by atoms with Crippen molar-refractivity contribution in [1.29, 1.82) is 0 Å². The third-order valence-electron chi connectivity index (χ3n) is 5.10. The van der Waals surface area contributed by atoms with E-state index in [0.29, 0.717) is 0 Å². The van der Waals surface area contributed by atoms with E-state index >= 15 is 0 Å². The van der Waals surface area contributed by atoms with Crippen LogP contribution >= 0.6 is 0 Å². The highest BCUT2D eigenvalue weighted by atomic mass is 14.9. The van der Waals surface area contributed by atoms with Gasteiger partial charge in [0.15, 0.2) is 0 Å². The number of hydrogen-bond acceptors (Lipinski definition) is 1. The van der Waals surface area contributed by atoms with Crippen molar-refractivity contribution < 1.29 is 0 Å². The summed E-state index contributed by atoms with van der Waals surface area (Å²) in [7, 11) is 0. The molecule has 0 radical (unpaired) electrons. The zero-order chi connectivity index (χ0) is 10.1. The first kappa shape index (κ1) is 10.1. The third kappa shape index (κ3) is 2.38. The second kappa shape index (κ2) is 4.08. The normalized spacial score (nSPS) is 31.2. The molecule has 3 saturated carbocycles. The van der Waals surface area contributed by atoms with Crippen molar-refractivity contribution in [2.45, 2.75) is 70.3 Å². The van der Waals surface area contributed by atoms with E-state index in [1.807, 2.05) is 0 Å². The molecule has 3 fully saturated rings. The molecule has 0 heterocycles. The summed E-state index contributed by atoms with van der Waals surface area (Å²) in [5.41, 5.74) is 0.829. The lowest BCUT2D eigenvalue weighted by Gasteiger charge is -2.37. The smallest absolute Gasteiger partial charge is 0.00683 e. The van der Waals surface area contributed by atoms with Gasteiger partial charge in [-0.3, -0.25) is 0 Å². The van der Waals surface area contributed by atoms with Gasteiger partial charge in [-0.2, -0.15) is 0 Å². The average Bonchev–Trinajstić information content (AvgIpc) is 2.99. The predicted octanol–water partition coefficient (Wildman–Crippen LogP) is 3.49. The van der Waals surface area contributed by atoms with E-state index in [9.17, 15) is 0 Å². The molecule has 0 aliphatic heterocycles. The molecular formula is C14H25N. The summed E-state index contributed by atoms with van der Waals surface area (Å²) >= 11 is 0. The topological polar surface area (TPSA) is 12.0 Å². The molecule has 0 atom stereocenters. The van der Waals surface area contributed by atoms with Gasteiger partial charge in [-0.05, 0) is 69.2 Å². The Balaban J connectivity index is 1.43. The zero-order valence-corrected chi connectivity index (χ0v) is 9.93. The van der Waals surface area contributed by atoms with E-state index in [1.54, 1.807) is 25.7 Å². The van der Waals surface area contributed by atoms with Gasteiger partial charge in [0, 0.05) is 6.04 Å². The fourth-order valence-corrected chi connectivity index (χ4v) is 3.74. The molecule has 0 aromatic carbocycles. The lowest BCUT2D eigenvalue weighted by molar-refractivity contribution is 0.153. The van der Waals surface area contributed by atoms with Gasteiger partial charge in [-0.15, -0.1) is 0 Å². The Bertz CT molecular complexity index is 203. The van der Waals surface area contributed by atoms with Crippen LogP contribution in [0, 0.1) is 11.3 Å². The summed E-state index contributed by atoms with van der Waals surface area (Å²) in [6.45, 7) is 1.32. The lowest BCUT2D eigenvalue weighted by atomic mass is 9.69. The lowest BCUT2D eigenvalue weighted by Crippen LogP contribution is -2.31. The van der Waals surface area contributed by atoms with E-state index in [-0.39, 0.29) is 0 Å². The Morgan fingerprint density at radius 2 is 1.53 bits per heavy atom. The van der Waals surface area contributed by atoms with E-state index < -0.39 is 0 Å². The van der Waals surface area contributed by atoms with Crippen LogP contribution < -0.4 is 5.32 Å². The number of hydrogen-bond donors (Lipinski definition) is 1. The van der Waals surface area contributed by atoms with Crippen molar-refractivity contribution in [2.75, 3.05) is 6.54 Å². The van der Waals surface area contributed by atoms with E-state index in [1.165, 1.54) is 45.1 Å². The highest BCUT2D eigenvalue weighted by molar-refractivity contribution is 4.90. The summed E-state index contributed by atoms with van der Waals surface area (Å²) in [6, 6.07) is 0.910.